The molecule has 1 aliphatic heterocycles. The molecule has 2 heterocycles. The van der Waals surface area contributed by atoms with Gasteiger partial charge in [0.2, 0.25) is 0 Å². The van der Waals surface area contributed by atoms with Crippen LogP contribution in [0.4, 0.5) is 0 Å². The second kappa shape index (κ2) is 7.64. The van der Waals surface area contributed by atoms with E-state index in [0.717, 1.165) is 28.0 Å². The van der Waals surface area contributed by atoms with Crippen LogP contribution in [-0.2, 0) is 4.74 Å². The molecule has 1 aliphatic rings. The van der Waals surface area contributed by atoms with E-state index in [1.54, 1.807) is 19.1 Å². The smallest absolute Gasteiger partial charge is 0.341 e. The minimum Gasteiger partial charge on any atom is -0.495 e. The third-order valence-electron chi connectivity index (χ3n) is 4.41. The minimum atomic E-state index is -0.427. The molecule has 0 saturated heterocycles. The van der Waals surface area contributed by atoms with Gasteiger partial charge in [0.05, 0.1) is 30.3 Å². The highest BCUT2D eigenvalue weighted by Crippen LogP contribution is 2.34. The van der Waals surface area contributed by atoms with Crippen LogP contribution in [0.5, 0.6) is 17.2 Å². The number of aromatic nitrogens is 2. The topological polar surface area (TPSA) is 82.7 Å². The lowest BCUT2D eigenvalue weighted by atomic mass is 10.1. The lowest BCUT2D eigenvalue weighted by molar-refractivity contribution is 0.0523. The largest absolute Gasteiger partial charge is 0.495 e. The summed E-state index contributed by atoms with van der Waals surface area (Å²) in [7, 11) is 1.53. The van der Waals surface area contributed by atoms with Gasteiger partial charge in [-0.2, -0.15) is 5.10 Å². The summed E-state index contributed by atoms with van der Waals surface area (Å²) in [6.07, 6.45) is 3.78. The monoisotopic (exact) mass is 380 g/mol. The van der Waals surface area contributed by atoms with Crippen molar-refractivity contribution in [2.24, 2.45) is 0 Å². The number of hydrogen-bond donors (Lipinski definition) is 1. The summed E-state index contributed by atoms with van der Waals surface area (Å²) in [5.41, 5.74) is 2.74. The van der Waals surface area contributed by atoms with Crippen LogP contribution in [0.3, 0.4) is 0 Å². The molecule has 0 aliphatic carbocycles. The summed E-state index contributed by atoms with van der Waals surface area (Å²) in [5.74, 6) is 1.48. The number of fused-ring (bicyclic) bond motifs is 2. The summed E-state index contributed by atoms with van der Waals surface area (Å²) in [5, 5.41) is 8.05. The normalized spacial score (nSPS) is 13.1. The van der Waals surface area contributed by atoms with Gasteiger partial charge >= 0.3 is 5.97 Å². The average molecular weight is 380 g/mol. The molecule has 3 aromatic rings. The standard InChI is InChI=1S/C21H20N2O5/c1-3-26-21(24)14-6-8-16-19(20(14)25-2)15(22-23-16)7-4-13-5-9-17-18(12-13)28-11-10-27-17/h4-9,12H,3,10-11H2,1-2H3,(H,22,23)/b7-4+. The van der Waals surface area contributed by atoms with Crippen LogP contribution in [0.15, 0.2) is 30.3 Å². The summed E-state index contributed by atoms with van der Waals surface area (Å²) in [6.45, 7) is 3.16. The lowest BCUT2D eigenvalue weighted by Gasteiger charge is -2.18. The number of hydrogen-bond acceptors (Lipinski definition) is 6. The molecule has 28 heavy (non-hydrogen) atoms. The summed E-state index contributed by atoms with van der Waals surface area (Å²) >= 11 is 0. The number of carbonyl (C=O) groups is 1. The van der Waals surface area contributed by atoms with Gasteiger partial charge in [0, 0.05) is 0 Å². The van der Waals surface area contributed by atoms with Crippen molar-refractivity contribution < 1.29 is 23.7 Å². The van der Waals surface area contributed by atoms with Gasteiger partial charge in [-0.15, -0.1) is 0 Å². The Bertz CT molecular complexity index is 1050. The van der Waals surface area contributed by atoms with E-state index >= 15 is 0 Å². The van der Waals surface area contributed by atoms with Crippen molar-refractivity contribution in [1.82, 2.24) is 10.2 Å². The third-order valence-corrected chi connectivity index (χ3v) is 4.41. The number of carbonyl (C=O) groups excluding carboxylic acids is 1. The first-order valence-corrected chi connectivity index (χ1v) is 9.01. The molecule has 0 fully saturated rings. The van der Waals surface area contributed by atoms with Gasteiger partial charge in [-0.25, -0.2) is 4.79 Å². The van der Waals surface area contributed by atoms with E-state index in [1.165, 1.54) is 7.11 Å². The predicted molar refractivity (Wildman–Crippen MR) is 105 cm³/mol. The van der Waals surface area contributed by atoms with Crippen molar-refractivity contribution in [3.8, 4) is 17.2 Å². The van der Waals surface area contributed by atoms with Crippen molar-refractivity contribution in [1.29, 1.82) is 0 Å². The zero-order valence-corrected chi connectivity index (χ0v) is 15.7. The Morgan fingerprint density at radius 3 is 2.79 bits per heavy atom. The van der Waals surface area contributed by atoms with E-state index < -0.39 is 5.97 Å². The van der Waals surface area contributed by atoms with Gasteiger partial charge < -0.3 is 18.9 Å². The number of H-pyrrole nitrogens is 1. The number of nitrogens with zero attached hydrogens (tertiary/aromatic N) is 1. The fourth-order valence-electron chi connectivity index (χ4n) is 3.15. The molecule has 7 nitrogen and oxygen atoms in total. The first kappa shape index (κ1) is 17.9. The summed E-state index contributed by atoms with van der Waals surface area (Å²) < 4.78 is 21.8. The molecule has 1 N–H and O–H groups in total. The van der Waals surface area contributed by atoms with Gasteiger partial charge in [0.25, 0.3) is 0 Å². The second-order valence-corrected chi connectivity index (χ2v) is 6.13. The molecule has 0 atom stereocenters. The van der Waals surface area contributed by atoms with Gasteiger partial charge in [-0.05, 0) is 42.8 Å². The van der Waals surface area contributed by atoms with Crippen LogP contribution >= 0.6 is 0 Å². The predicted octanol–water partition coefficient (Wildman–Crippen LogP) is 3.69. The molecule has 144 valence electrons. The Labute approximate surface area is 161 Å². The molecule has 0 unspecified atom stereocenters. The molecular formula is C21H20N2O5. The highest BCUT2D eigenvalue weighted by Gasteiger charge is 2.19. The highest BCUT2D eigenvalue weighted by molar-refractivity contribution is 6.03. The average Bonchev–Trinajstić information content (AvgIpc) is 3.14. The van der Waals surface area contributed by atoms with Gasteiger partial charge in [-0.3, -0.25) is 5.10 Å². The molecule has 1 aromatic heterocycles. The Morgan fingerprint density at radius 1 is 1.18 bits per heavy atom. The Balaban J connectivity index is 1.71. The van der Waals surface area contributed by atoms with Crippen LogP contribution < -0.4 is 14.2 Å². The zero-order chi connectivity index (χ0) is 19.5. The number of aromatic amines is 1. The van der Waals surface area contributed by atoms with E-state index in [4.69, 9.17) is 18.9 Å². The van der Waals surface area contributed by atoms with Crippen molar-refractivity contribution in [3.05, 3.63) is 47.2 Å². The third kappa shape index (κ3) is 3.26. The fourth-order valence-corrected chi connectivity index (χ4v) is 3.15. The SMILES string of the molecule is CCOC(=O)c1ccc2[nH]nc(/C=C/c3ccc4c(c3)OCCO4)c2c1OC. The van der Waals surface area contributed by atoms with Gasteiger partial charge in [-0.1, -0.05) is 12.1 Å². The number of rotatable bonds is 5. The van der Waals surface area contributed by atoms with E-state index in [1.807, 2.05) is 30.4 Å². The van der Waals surface area contributed by atoms with Crippen molar-refractivity contribution >= 4 is 29.0 Å². The molecule has 0 spiro atoms. The van der Waals surface area contributed by atoms with Gasteiger partial charge in [0.15, 0.2) is 11.5 Å². The van der Waals surface area contributed by atoms with Crippen LogP contribution in [0.25, 0.3) is 23.1 Å². The van der Waals surface area contributed by atoms with Gasteiger partial charge in [0.1, 0.15) is 24.5 Å². The van der Waals surface area contributed by atoms with Crippen LogP contribution in [-0.4, -0.2) is 43.1 Å². The first-order valence-electron chi connectivity index (χ1n) is 9.01. The first-order chi connectivity index (χ1) is 13.7. The van der Waals surface area contributed by atoms with E-state index in [0.29, 0.717) is 36.8 Å². The zero-order valence-electron chi connectivity index (χ0n) is 15.7. The maximum absolute atomic E-state index is 12.2. The second-order valence-electron chi connectivity index (χ2n) is 6.13. The number of esters is 1. The molecule has 0 saturated carbocycles. The highest BCUT2D eigenvalue weighted by atomic mass is 16.6. The molecule has 0 amide bonds. The summed E-state index contributed by atoms with van der Waals surface area (Å²) in [4.78, 5) is 12.2. The molecule has 0 bridgehead atoms. The van der Waals surface area contributed by atoms with E-state index in [2.05, 4.69) is 10.2 Å². The Morgan fingerprint density at radius 2 is 2.00 bits per heavy atom. The van der Waals surface area contributed by atoms with Crippen molar-refractivity contribution in [3.63, 3.8) is 0 Å². The van der Waals surface area contributed by atoms with E-state index in [9.17, 15) is 4.79 Å². The molecule has 7 heteroatoms. The minimum absolute atomic E-state index is 0.294. The number of ether oxygens (including phenoxy) is 4. The lowest BCUT2D eigenvalue weighted by Crippen LogP contribution is -2.15. The number of benzene rings is 2. The van der Waals surface area contributed by atoms with Crippen molar-refractivity contribution in [2.75, 3.05) is 26.9 Å². The van der Waals surface area contributed by atoms with Crippen molar-refractivity contribution in [2.45, 2.75) is 6.92 Å². The Hall–Kier alpha value is -3.48. The Kier molecular flexibility index (Phi) is 4.89. The van der Waals surface area contributed by atoms with Crippen LogP contribution in [0.2, 0.25) is 0 Å². The maximum Gasteiger partial charge on any atom is 0.341 e. The molecular weight excluding hydrogens is 360 g/mol. The quantitative estimate of drug-likeness (QED) is 0.680. The van der Waals surface area contributed by atoms with E-state index in [-0.39, 0.29) is 0 Å². The number of nitrogens with one attached hydrogen (secondary N) is 1. The fraction of sp³-hybridized carbons (Fsp3) is 0.238. The molecule has 4 rings (SSSR count). The molecule has 0 radical (unpaired) electrons. The maximum atomic E-state index is 12.2. The molecule has 2 aromatic carbocycles. The summed E-state index contributed by atoms with van der Waals surface area (Å²) in [6, 6.07) is 9.21. The van der Waals surface area contributed by atoms with Crippen LogP contribution in [0.1, 0.15) is 28.5 Å². The number of methoxy groups -OCH3 is 1. The van der Waals surface area contributed by atoms with Crippen LogP contribution in [0, 0.1) is 0 Å².